The fraction of sp³-hybridized carbons (Fsp3) is 0.143. The van der Waals surface area contributed by atoms with Gasteiger partial charge in [0, 0.05) is 11.8 Å². The lowest BCUT2D eigenvalue weighted by Crippen LogP contribution is -2.21. The first-order valence-corrected chi connectivity index (χ1v) is 6.81. The highest BCUT2D eigenvalue weighted by molar-refractivity contribution is 7.12. The molecule has 0 spiro atoms. The van der Waals surface area contributed by atoms with Crippen LogP contribution in [0.15, 0.2) is 29.6 Å². The molecular formula is C14H11F2NO3S. The van der Waals surface area contributed by atoms with E-state index < -0.39 is 30.1 Å². The average Bonchev–Trinajstić information content (AvgIpc) is 2.86. The number of hydrogen-bond acceptors (Lipinski definition) is 4. The van der Waals surface area contributed by atoms with Crippen molar-refractivity contribution < 1.29 is 23.1 Å². The minimum atomic E-state index is -1.07. The molecular weight excluding hydrogens is 300 g/mol. The van der Waals surface area contributed by atoms with Gasteiger partial charge in [-0.3, -0.25) is 4.79 Å². The van der Waals surface area contributed by atoms with Crippen LogP contribution in [0.1, 0.15) is 15.2 Å². The SMILES string of the molecule is Cc1ccsc1C(=O)OCC(=O)Nc1ccc(F)c(F)c1. The summed E-state index contributed by atoms with van der Waals surface area (Å²) in [6, 6.07) is 4.72. The number of ether oxygens (including phenoxy) is 1. The number of nitrogens with one attached hydrogen (secondary N) is 1. The Hall–Kier alpha value is -2.28. The summed E-state index contributed by atoms with van der Waals surface area (Å²) in [5, 5.41) is 4.05. The van der Waals surface area contributed by atoms with Gasteiger partial charge in [0.1, 0.15) is 4.88 Å². The largest absolute Gasteiger partial charge is 0.451 e. The van der Waals surface area contributed by atoms with Gasteiger partial charge in [0.25, 0.3) is 5.91 Å². The predicted octanol–water partition coefficient (Wildman–Crippen LogP) is 3.13. The number of hydrogen-bond donors (Lipinski definition) is 1. The van der Waals surface area contributed by atoms with E-state index in [0.29, 0.717) is 4.88 Å². The Kier molecular flexibility index (Phi) is 4.64. The van der Waals surface area contributed by atoms with Gasteiger partial charge in [-0.15, -0.1) is 11.3 Å². The second kappa shape index (κ2) is 6.45. The Morgan fingerprint density at radius 1 is 1.24 bits per heavy atom. The third-order valence-electron chi connectivity index (χ3n) is 2.59. The van der Waals surface area contributed by atoms with Crippen molar-refractivity contribution >= 4 is 28.9 Å². The maximum Gasteiger partial charge on any atom is 0.349 e. The van der Waals surface area contributed by atoms with Crippen LogP contribution in [0.25, 0.3) is 0 Å². The first-order valence-electron chi connectivity index (χ1n) is 5.93. The molecule has 0 atom stereocenters. The number of halogens is 2. The summed E-state index contributed by atoms with van der Waals surface area (Å²) in [6.07, 6.45) is 0. The minimum Gasteiger partial charge on any atom is -0.451 e. The van der Waals surface area contributed by atoms with E-state index in [9.17, 15) is 18.4 Å². The van der Waals surface area contributed by atoms with Crippen molar-refractivity contribution in [2.75, 3.05) is 11.9 Å². The molecule has 7 heteroatoms. The molecule has 110 valence electrons. The number of esters is 1. The number of carbonyl (C=O) groups excluding carboxylic acids is 2. The Morgan fingerprint density at radius 3 is 2.62 bits per heavy atom. The van der Waals surface area contributed by atoms with Gasteiger partial charge in [0.15, 0.2) is 18.2 Å². The number of aryl methyl sites for hydroxylation is 1. The van der Waals surface area contributed by atoms with E-state index in [1.54, 1.807) is 18.4 Å². The maximum atomic E-state index is 13.0. The molecule has 0 saturated heterocycles. The standard InChI is InChI=1S/C14H11F2NO3S/c1-8-4-5-21-13(8)14(19)20-7-12(18)17-9-2-3-10(15)11(16)6-9/h2-6H,7H2,1H3,(H,17,18). The first kappa shape index (κ1) is 15.1. The summed E-state index contributed by atoms with van der Waals surface area (Å²) < 4.78 is 30.5. The van der Waals surface area contributed by atoms with Crippen LogP contribution in [0.2, 0.25) is 0 Å². The molecule has 4 nitrogen and oxygen atoms in total. The fourth-order valence-electron chi connectivity index (χ4n) is 1.55. The molecule has 0 aliphatic rings. The molecule has 0 fully saturated rings. The van der Waals surface area contributed by atoms with Crippen molar-refractivity contribution in [3.8, 4) is 0 Å². The van der Waals surface area contributed by atoms with E-state index in [0.717, 1.165) is 17.7 Å². The highest BCUT2D eigenvalue weighted by Crippen LogP contribution is 2.17. The number of thiophene rings is 1. The highest BCUT2D eigenvalue weighted by atomic mass is 32.1. The van der Waals surface area contributed by atoms with Gasteiger partial charge in [-0.2, -0.15) is 0 Å². The lowest BCUT2D eigenvalue weighted by atomic mass is 10.3. The number of anilines is 1. The number of rotatable bonds is 4. The third kappa shape index (κ3) is 3.85. The maximum absolute atomic E-state index is 13.0. The molecule has 0 aliphatic heterocycles. The quantitative estimate of drug-likeness (QED) is 0.883. The van der Waals surface area contributed by atoms with Gasteiger partial charge in [0.05, 0.1) is 0 Å². The molecule has 1 amide bonds. The van der Waals surface area contributed by atoms with Gasteiger partial charge in [0.2, 0.25) is 0 Å². The Labute approximate surface area is 123 Å². The van der Waals surface area contributed by atoms with E-state index in [1.165, 1.54) is 17.4 Å². The van der Waals surface area contributed by atoms with E-state index in [4.69, 9.17) is 4.74 Å². The summed E-state index contributed by atoms with van der Waals surface area (Å²) in [4.78, 5) is 23.7. The zero-order chi connectivity index (χ0) is 15.4. The highest BCUT2D eigenvalue weighted by Gasteiger charge is 2.14. The monoisotopic (exact) mass is 311 g/mol. The molecule has 1 heterocycles. The van der Waals surface area contributed by atoms with Gasteiger partial charge in [-0.25, -0.2) is 13.6 Å². The van der Waals surface area contributed by atoms with Crippen molar-refractivity contribution in [1.29, 1.82) is 0 Å². The smallest absolute Gasteiger partial charge is 0.349 e. The van der Waals surface area contributed by atoms with Crippen LogP contribution in [-0.2, 0) is 9.53 Å². The van der Waals surface area contributed by atoms with Crippen molar-refractivity contribution in [2.24, 2.45) is 0 Å². The van der Waals surface area contributed by atoms with Crippen LogP contribution in [-0.4, -0.2) is 18.5 Å². The van der Waals surface area contributed by atoms with Gasteiger partial charge < -0.3 is 10.1 Å². The van der Waals surface area contributed by atoms with Crippen molar-refractivity contribution in [1.82, 2.24) is 0 Å². The van der Waals surface area contributed by atoms with E-state index in [2.05, 4.69) is 5.32 Å². The number of amides is 1. The van der Waals surface area contributed by atoms with Gasteiger partial charge in [-0.05, 0) is 36.1 Å². The fourth-order valence-corrected chi connectivity index (χ4v) is 2.37. The van der Waals surface area contributed by atoms with Crippen LogP contribution < -0.4 is 5.32 Å². The molecule has 2 aromatic rings. The molecule has 0 aliphatic carbocycles. The second-order valence-corrected chi connectivity index (χ2v) is 5.10. The van der Waals surface area contributed by atoms with Crippen molar-refractivity contribution in [3.63, 3.8) is 0 Å². The molecule has 0 bridgehead atoms. The zero-order valence-corrected chi connectivity index (χ0v) is 11.8. The molecule has 0 unspecified atom stereocenters. The van der Waals surface area contributed by atoms with Crippen LogP contribution in [0.5, 0.6) is 0 Å². The third-order valence-corrected chi connectivity index (χ3v) is 3.58. The van der Waals surface area contributed by atoms with Gasteiger partial charge in [-0.1, -0.05) is 0 Å². The van der Waals surface area contributed by atoms with E-state index in [-0.39, 0.29) is 5.69 Å². The molecule has 21 heavy (non-hydrogen) atoms. The summed E-state index contributed by atoms with van der Waals surface area (Å²) in [7, 11) is 0. The summed E-state index contributed by atoms with van der Waals surface area (Å²) in [5.41, 5.74) is 0.855. The first-order chi connectivity index (χ1) is 9.97. The summed E-state index contributed by atoms with van der Waals surface area (Å²) >= 11 is 1.22. The second-order valence-electron chi connectivity index (χ2n) is 4.19. The molecule has 1 aromatic heterocycles. The minimum absolute atomic E-state index is 0.0854. The normalized spacial score (nSPS) is 10.2. The molecule has 2 rings (SSSR count). The Bertz CT molecular complexity index is 685. The average molecular weight is 311 g/mol. The van der Waals surface area contributed by atoms with Crippen LogP contribution >= 0.6 is 11.3 Å². The van der Waals surface area contributed by atoms with E-state index in [1.807, 2.05) is 0 Å². The summed E-state index contributed by atoms with van der Waals surface area (Å²) in [5.74, 6) is -3.31. The lowest BCUT2D eigenvalue weighted by molar-refractivity contribution is -0.119. The van der Waals surface area contributed by atoms with E-state index >= 15 is 0 Å². The molecule has 1 aromatic carbocycles. The Balaban J connectivity index is 1.89. The topological polar surface area (TPSA) is 55.4 Å². The summed E-state index contributed by atoms with van der Waals surface area (Å²) in [6.45, 7) is 1.25. The molecule has 1 N–H and O–H groups in total. The zero-order valence-electron chi connectivity index (χ0n) is 11.0. The van der Waals surface area contributed by atoms with Crippen LogP contribution in [0.4, 0.5) is 14.5 Å². The molecule has 0 saturated carbocycles. The van der Waals surface area contributed by atoms with Crippen LogP contribution in [0, 0.1) is 18.6 Å². The molecule has 0 radical (unpaired) electrons. The predicted molar refractivity (Wildman–Crippen MR) is 74.3 cm³/mol. The lowest BCUT2D eigenvalue weighted by Gasteiger charge is -2.06. The van der Waals surface area contributed by atoms with Crippen molar-refractivity contribution in [3.05, 3.63) is 51.7 Å². The van der Waals surface area contributed by atoms with Crippen molar-refractivity contribution in [2.45, 2.75) is 6.92 Å². The number of carbonyl (C=O) groups is 2. The van der Waals surface area contributed by atoms with Gasteiger partial charge >= 0.3 is 5.97 Å². The number of benzene rings is 1. The Morgan fingerprint density at radius 2 is 2.00 bits per heavy atom. The van der Waals surface area contributed by atoms with Crippen LogP contribution in [0.3, 0.4) is 0 Å².